The molecule has 1 aromatic heterocycles. The SMILES string of the molecule is Clc1cncc(NCCC2(c3ccccc3)CCOCC2)n1. The summed E-state index contributed by atoms with van der Waals surface area (Å²) >= 11 is 5.87. The van der Waals surface area contributed by atoms with E-state index in [2.05, 4.69) is 45.6 Å². The van der Waals surface area contributed by atoms with Crippen LogP contribution in [0.1, 0.15) is 24.8 Å². The Kier molecular flexibility index (Phi) is 4.90. The van der Waals surface area contributed by atoms with Crippen molar-refractivity contribution in [3.8, 4) is 0 Å². The van der Waals surface area contributed by atoms with Crippen LogP contribution in [0.25, 0.3) is 0 Å². The number of hydrogen-bond acceptors (Lipinski definition) is 4. The minimum Gasteiger partial charge on any atom is -0.381 e. The van der Waals surface area contributed by atoms with E-state index in [1.165, 1.54) is 11.8 Å². The van der Waals surface area contributed by atoms with E-state index in [1.807, 2.05) is 0 Å². The average Bonchev–Trinajstić information content (AvgIpc) is 2.57. The predicted molar refractivity (Wildman–Crippen MR) is 88.3 cm³/mol. The Bertz CT molecular complexity index is 600. The minimum absolute atomic E-state index is 0.179. The number of ether oxygens (including phenoxy) is 1. The molecule has 1 fully saturated rings. The highest BCUT2D eigenvalue weighted by Gasteiger charge is 2.33. The lowest BCUT2D eigenvalue weighted by Crippen LogP contribution is -2.35. The zero-order valence-electron chi connectivity index (χ0n) is 12.5. The summed E-state index contributed by atoms with van der Waals surface area (Å²) in [5.74, 6) is 0.725. The predicted octanol–water partition coefficient (Wildman–Crippen LogP) is 3.68. The van der Waals surface area contributed by atoms with Gasteiger partial charge in [-0.15, -0.1) is 0 Å². The van der Waals surface area contributed by atoms with E-state index >= 15 is 0 Å². The molecule has 0 spiro atoms. The molecule has 116 valence electrons. The fraction of sp³-hybridized carbons (Fsp3) is 0.412. The van der Waals surface area contributed by atoms with E-state index in [-0.39, 0.29) is 5.41 Å². The van der Waals surface area contributed by atoms with Crippen molar-refractivity contribution in [2.24, 2.45) is 0 Å². The molecule has 3 rings (SSSR count). The molecule has 0 radical (unpaired) electrons. The molecule has 1 aliphatic heterocycles. The Morgan fingerprint density at radius 3 is 2.64 bits per heavy atom. The third-order valence-electron chi connectivity index (χ3n) is 4.35. The highest BCUT2D eigenvalue weighted by atomic mass is 35.5. The molecule has 0 bridgehead atoms. The largest absolute Gasteiger partial charge is 0.381 e. The first-order valence-corrected chi connectivity index (χ1v) is 8.01. The lowest BCUT2D eigenvalue weighted by atomic mass is 9.72. The molecule has 4 nitrogen and oxygen atoms in total. The van der Waals surface area contributed by atoms with Crippen LogP contribution in [0.5, 0.6) is 0 Å². The molecule has 5 heteroatoms. The highest BCUT2D eigenvalue weighted by Crippen LogP contribution is 2.37. The van der Waals surface area contributed by atoms with Crippen molar-refractivity contribution < 1.29 is 4.74 Å². The molecule has 0 aliphatic carbocycles. The molecule has 1 aromatic carbocycles. The Balaban J connectivity index is 1.68. The third kappa shape index (κ3) is 3.57. The molecule has 1 N–H and O–H groups in total. The van der Waals surface area contributed by atoms with Gasteiger partial charge < -0.3 is 10.1 Å². The molecule has 22 heavy (non-hydrogen) atoms. The summed E-state index contributed by atoms with van der Waals surface area (Å²) in [5.41, 5.74) is 1.58. The average molecular weight is 318 g/mol. The summed E-state index contributed by atoms with van der Waals surface area (Å²) in [6, 6.07) is 10.7. The number of nitrogens with zero attached hydrogens (tertiary/aromatic N) is 2. The first-order chi connectivity index (χ1) is 10.8. The molecule has 0 amide bonds. The molecule has 1 saturated heterocycles. The van der Waals surface area contributed by atoms with E-state index < -0.39 is 0 Å². The summed E-state index contributed by atoms with van der Waals surface area (Å²) in [4.78, 5) is 8.27. The standard InChI is InChI=1S/C17H20ClN3O/c18-15-12-19-13-16(21-15)20-9-6-17(7-10-22-11-8-17)14-4-2-1-3-5-14/h1-5,12-13H,6-11H2,(H,20,21). The van der Waals surface area contributed by atoms with Crippen molar-refractivity contribution in [2.45, 2.75) is 24.7 Å². The van der Waals surface area contributed by atoms with Gasteiger partial charge in [-0.05, 0) is 24.8 Å². The number of benzene rings is 1. The van der Waals surface area contributed by atoms with Crippen LogP contribution in [0.2, 0.25) is 5.15 Å². The van der Waals surface area contributed by atoms with Crippen LogP contribution in [0.4, 0.5) is 5.82 Å². The summed E-state index contributed by atoms with van der Waals surface area (Å²) in [5, 5.41) is 3.74. The van der Waals surface area contributed by atoms with Crippen LogP contribution in [0.3, 0.4) is 0 Å². The van der Waals surface area contributed by atoms with Crippen molar-refractivity contribution in [3.05, 3.63) is 53.4 Å². The zero-order valence-corrected chi connectivity index (χ0v) is 13.2. The van der Waals surface area contributed by atoms with Gasteiger partial charge >= 0.3 is 0 Å². The molecule has 0 atom stereocenters. The minimum atomic E-state index is 0.179. The second-order valence-electron chi connectivity index (χ2n) is 5.66. The molecular weight excluding hydrogens is 298 g/mol. The van der Waals surface area contributed by atoms with Gasteiger partial charge in [0.1, 0.15) is 11.0 Å². The molecule has 2 heterocycles. The van der Waals surface area contributed by atoms with E-state index in [0.717, 1.165) is 44.8 Å². The Labute approximate surface area is 135 Å². The number of hydrogen-bond donors (Lipinski definition) is 1. The van der Waals surface area contributed by atoms with Gasteiger partial charge in [0.15, 0.2) is 0 Å². The Morgan fingerprint density at radius 2 is 1.91 bits per heavy atom. The lowest BCUT2D eigenvalue weighted by molar-refractivity contribution is 0.0480. The van der Waals surface area contributed by atoms with Gasteiger partial charge in [0.25, 0.3) is 0 Å². The number of halogens is 1. The van der Waals surface area contributed by atoms with Gasteiger partial charge in [0.2, 0.25) is 0 Å². The number of nitrogens with one attached hydrogen (secondary N) is 1. The molecule has 0 unspecified atom stereocenters. The highest BCUT2D eigenvalue weighted by molar-refractivity contribution is 6.29. The van der Waals surface area contributed by atoms with Gasteiger partial charge in [-0.3, -0.25) is 4.98 Å². The maximum Gasteiger partial charge on any atom is 0.149 e. The normalized spacial score (nSPS) is 17.1. The number of aromatic nitrogens is 2. The van der Waals surface area contributed by atoms with Crippen LogP contribution < -0.4 is 5.32 Å². The second-order valence-corrected chi connectivity index (χ2v) is 6.05. The summed E-state index contributed by atoms with van der Waals surface area (Å²) in [6.45, 7) is 2.49. The van der Waals surface area contributed by atoms with Gasteiger partial charge in [-0.1, -0.05) is 41.9 Å². The first-order valence-electron chi connectivity index (χ1n) is 7.63. The monoisotopic (exact) mass is 317 g/mol. The lowest BCUT2D eigenvalue weighted by Gasteiger charge is -2.38. The van der Waals surface area contributed by atoms with E-state index in [0.29, 0.717) is 5.15 Å². The van der Waals surface area contributed by atoms with Gasteiger partial charge in [0.05, 0.1) is 12.4 Å². The zero-order chi connectivity index (χ0) is 15.3. The number of rotatable bonds is 5. The van der Waals surface area contributed by atoms with Crippen molar-refractivity contribution in [1.29, 1.82) is 0 Å². The fourth-order valence-corrected chi connectivity index (χ4v) is 3.24. The molecular formula is C17H20ClN3O. The van der Waals surface area contributed by atoms with Gasteiger partial charge in [-0.2, -0.15) is 0 Å². The van der Waals surface area contributed by atoms with E-state index in [1.54, 1.807) is 6.20 Å². The van der Waals surface area contributed by atoms with Crippen LogP contribution in [-0.2, 0) is 10.2 Å². The fourth-order valence-electron chi connectivity index (χ4n) is 3.09. The first kappa shape index (κ1) is 15.3. The molecule has 1 aliphatic rings. The summed E-state index contributed by atoms with van der Waals surface area (Å²) in [6.07, 6.45) is 6.39. The quantitative estimate of drug-likeness (QED) is 0.913. The van der Waals surface area contributed by atoms with E-state index in [9.17, 15) is 0 Å². The molecule has 2 aromatic rings. The Morgan fingerprint density at radius 1 is 1.14 bits per heavy atom. The summed E-state index contributed by atoms with van der Waals surface area (Å²) in [7, 11) is 0. The van der Waals surface area contributed by atoms with Crippen molar-refractivity contribution >= 4 is 17.4 Å². The Hall–Kier alpha value is -1.65. The van der Waals surface area contributed by atoms with Gasteiger partial charge in [0, 0.05) is 25.2 Å². The second kappa shape index (κ2) is 7.07. The van der Waals surface area contributed by atoms with Crippen LogP contribution in [0.15, 0.2) is 42.7 Å². The maximum absolute atomic E-state index is 5.87. The van der Waals surface area contributed by atoms with Crippen molar-refractivity contribution in [2.75, 3.05) is 25.1 Å². The van der Waals surface area contributed by atoms with Crippen molar-refractivity contribution in [3.63, 3.8) is 0 Å². The number of anilines is 1. The van der Waals surface area contributed by atoms with Gasteiger partial charge in [-0.25, -0.2) is 4.98 Å². The smallest absolute Gasteiger partial charge is 0.149 e. The van der Waals surface area contributed by atoms with Crippen molar-refractivity contribution in [1.82, 2.24) is 9.97 Å². The molecule has 0 saturated carbocycles. The maximum atomic E-state index is 5.87. The van der Waals surface area contributed by atoms with E-state index in [4.69, 9.17) is 16.3 Å². The summed E-state index contributed by atoms with van der Waals surface area (Å²) < 4.78 is 5.57. The third-order valence-corrected chi connectivity index (χ3v) is 4.53. The van der Waals surface area contributed by atoms with Crippen LogP contribution in [-0.4, -0.2) is 29.7 Å². The van der Waals surface area contributed by atoms with Crippen LogP contribution in [0, 0.1) is 0 Å². The topological polar surface area (TPSA) is 47.0 Å². The van der Waals surface area contributed by atoms with Crippen LogP contribution >= 0.6 is 11.6 Å².